The number of carbonyl (C=O) groups is 3. The van der Waals surface area contributed by atoms with Gasteiger partial charge in [0.1, 0.15) is 5.82 Å². The zero-order valence-corrected chi connectivity index (χ0v) is 19.6. The number of hydrogen-bond acceptors (Lipinski definition) is 4. The fourth-order valence-electron chi connectivity index (χ4n) is 5.04. The molecule has 1 fully saturated rings. The SMILES string of the molecule is CCC1C(CNC(=O)N2C(=O)C(C)(C)c3ccc(F)cc32)CCCN1CC(C)(C)C(=O)O. The van der Waals surface area contributed by atoms with Crippen molar-refractivity contribution >= 4 is 23.6 Å². The van der Waals surface area contributed by atoms with Gasteiger partial charge in [-0.25, -0.2) is 14.1 Å². The van der Waals surface area contributed by atoms with Crippen LogP contribution in [0, 0.1) is 17.2 Å². The number of benzene rings is 1. The van der Waals surface area contributed by atoms with Gasteiger partial charge in [-0.3, -0.25) is 14.5 Å². The molecule has 32 heavy (non-hydrogen) atoms. The van der Waals surface area contributed by atoms with Gasteiger partial charge in [-0.05, 0) is 77.1 Å². The van der Waals surface area contributed by atoms with Crippen molar-refractivity contribution < 1.29 is 23.9 Å². The lowest BCUT2D eigenvalue weighted by atomic mass is 9.84. The first kappa shape index (κ1) is 24.2. The molecule has 0 saturated carbocycles. The fourth-order valence-corrected chi connectivity index (χ4v) is 5.04. The van der Waals surface area contributed by atoms with Crippen molar-refractivity contribution in [1.82, 2.24) is 10.2 Å². The topological polar surface area (TPSA) is 90.0 Å². The second-order valence-electron chi connectivity index (χ2n) is 10.2. The first-order valence-corrected chi connectivity index (χ1v) is 11.3. The summed E-state index contributed by atoms with van der Waals surface area (Å²) in [5, 5.41) is 12.4. The lowest BCUT2D eigenvalue weighted by molar-refractivity contribution is -0.148. The van der Waals surface area contributed by atoms with E-state index in [1.54, 1.807) is 33.8 Å². The van der Waals surface area contributed by atoms with Crippen molar-refractivity contribution in [2.45, 2.75) is 65.3 Å². The van der Waals surface area contributed by atoms with Crippen LogP contribution >= 0.6 is 0 Å². The summed E-state index contributed by atoms with van der Waals surface area (Å²) in [4.78, 5) is 40.8. The van der Waals surface area contributed by atoms with E-state index in [0.717, 1.165) is 30.7 Å². The molecule has 1 aromatic rings. The van der Waals surface area contributed by atoms with Gasteiger partial charge in [0.15, 0.2) is 0 Å². The summed E-state index contributed by atoms with van der Waals surface area (Å²) in [6.45, 7) is 10.6. The molecule has 8 heteroatoms. The number of nitrogens with one attached hydrogen (secondary N) is 1. The largest absolute Gasteiger partial charge is 0.481 e. The molecular formula is C24H34FN3O4. The van der Waals surface area contributed by atoms with Crippen LogP contribution in [0.25, 0.3) is 0 Å². The van der Waals surface area contributed by atoms with Crippen LogP contribution in [0.15, 0.2) is 18.2 Å². The normalized spacial score (nSPS) is 23.2. The number of hydrogen-bond donors (Lipinski definition) is 2. The number of anilines is 1. The van der Waals surface area contributed by atoms with E-state index in [1.165, 1.54) is 12.1 Å². The smallest absolute Gasteiger partial charge is 0.328 e. The average Bonchev–Trinajstić information content (AvgIpc) is 2.91. The summed E-state index contributed by atoms with van der Waals surface area (Å²) < 4.78 is 13.9. The van der Waals surface area contributed by atoms with E-state index in [2.05, 4.69) is 17.1 Å². The quantitative estimate of drug-likeness (QED) is 0.693. The van der Waals surface area contributed by atoms with Crippen molar-refractivity contribution in [1.29, 1.82) is 0 Å². The number of likely N-dealkylation sites (tertiary alicyclic amines) is 1. The van der Waals surface area contributed by atoms with Gasteiger partial charge in [-0.15, -0.1) is 0 Å². The van der Waals surface area contributed by atoms with E-state index in [0.29, 0.717) is 18.7 Å². The predicted octanol–water partition coefficient (Wildman–Crippen LogP) is 3.76. The molecule has 7 nitrogen and oxygen atoms in total. The average molecular weight is 448 g/mol. The van der Waals surface area contributed by atoms with E-state index in [1.807, 2.05) is 0 Å². The number of fused-ring (bicyclic) bond motifs is 1. The Morgan fingerprint density at radius 3 is 2.62 bits per heavy atom. The monoisotopic (exact) mass is 447 g/mol. The second-order valence-corrected chi connectivity index (χ2v) is 10.2. The maximum Gasteiger partial charge on any atom is 0.328 e. The van der Waals surface area contributed by atoms with Gasteiger partial charge in [0.05, 0.1) is 16.5 Å². The zero-order valence-electron chi connectivity index (χ0n) is 19.6. The van der Waals surface area contributed by atoms with Crippen LogP contribution in [-0.2, 0) is 15.0 Å². The molecular weight excluding hydrogens is 413 g/mol. The zero-order chi connectivity index (χ0) is 23.8. The summed E-state index contributed by atoms with van der Waals surface area (Å²) in [5.74, 6) is -1.57. The van der Waals surface area contributed by atoms with Gasteiger partial charge in [-0.1, -0.05) is 13.0 Å². The number of carboxylic acids is 1. The highest BCUT2D eigenvalue weighted by Gasteiger charge is 2.47. The minimum absolute atomic E-state index is 0.137. The first-order chi connectivity index (χ1) is 14.9. The maximum atomic E-state index is 13.9. The lowest BCUT2D eigenvalue weighted by Gasteiger charge is -2.43. The third-order valence-electron chi connectivity index (χ3n) is 6.96. The van der Waals surface area contributed by atoms with Crippen molar-refractivity contribution in [3.8, 4) is 0 Å². The minimum Gasteiger partial charge on any atom is -0.481 e. The number of aliphatic carboxylic acids is 1. The number of halogens is 1. The number of nitrogens with zero attached hydrogens (tertiary/aromatic N) is 2. The summed E-state index contributed by atoms with van der Waals surface area (Å²) in [6, 6.07) is 3.68. The Morgan fingerprint density at radius 2 is 2.00 bits per heavy atom. The molecule has 2 unspecified atom stereocenters. The maximum absolute atomic E-state index is 13.9. The molecule has 0 bridgehead atoms. The molecule has 2 aliphatic rings. The van der Waals surface area contributed by atoms with Gasteiger partial charge in [0.25, 0.3) is 0 Å². The van der Waals surface area contributed by atoms with Gasteiger partial charge in [0.2, 0.25) is 5.91 Å². The van der Waals surface area contributed by atoms with Crippen LogP contribution < -0.4 is 10.2 Å². The highest BCUT2D eigenvalue weighted by Crippen LogP contribution is 2.42. The molecule has 2 atom stereocenters. The van der Waals surface area contributed by atoms with Crippen molar-refractivity contribution in [3.63, 3.8) is 0 Å². The Kier molecular flexibility index (Phi) is 6.65. The van der Waals surface area contributed by atoms with E-state index >= 15 is 0 Å². The van der Waals surface area contributed by atoms with E-state index in [-0.39, 0.29) is 23.6 Å². The van der Waals surface area contributed by atoms with Crippen LogP contribution in [-0.4, -0.2) is 53.6 Å². The van der Waals surface area contributed by atoms with E-state index in [4.69, 9.17) is 0 Å². The molecule has 3 rings (SSSR count). The molecule has 0 spiro atoms. The standard InChI is InChI=1S/C24H34FN3O4/c1-6-18-15(8-7-11-27(18)14-23(2,3)21(30)31)13-26-22(32)28-19-12-16(25)9-10-17(19)24(4,5)20(28)29/h9-10,12,15,18H,6-8,11,13-14H2,1-5H3,(H,26,32)(H,30,31). The number of carbonyl (C=O) groups excluding carboxylic acids is 2. The van der Waals surface area contributed by atoms with Crippen LogP contribution in [0.3, 0.4) is 0 Å². The van der Waals surface area contributed by atoms with Gasteiger partial charge < -0.3 is 10.4 Å². The third-order valence-corrected chi connectivity index (χ3v) is 6.96. The molecule has 2 aliphatic heterocycles. The number of imide groups is 1. The Morgan fingerprint density at radius 1 is 1.31 bits per heavy atom. The van der Waals surface area contributed by atoms with Crippen molar-refractivity contribution in [3.05, 3.63) is 29.6 Å². The minimum atomic E-state index is -0.906. The van der Waals surface area contributed by atoms with E-state index in [9.17, 15) is 23.9 Å². The highest BCUT2D eigenvalue weighted by atomic mass is 19.1. The molecule has 3 amide bonds. The van der Waals surface area contributed by atoms with Crippen molar-refractivity contribution in [2.24, 2.45) is 11.3 Å². The first-order valence-electron chi connectivity index (χ1n) is 11.3. The molecule has 2 N–H and O–H groups in total. The van der Waals surface area contributed by atoms with Crippen LogP contribution in [0.1, 0.15) is 59.4 Å². The van der Waals surface area contributed by atoms with Crippen LogP contribution in [0.5, 0.6) is 0 Å². The Hall–Kier alpha value is -2.48. The number of carboxylic acid groups (broad SMARTS) is 1. The molecule has 0 aromatic heterocycles. The van der Waals surface area contributed by atoms with Crippen LogP contribution in [0.4, 0.5) is 14.9 Å². The number of urea groups is 1. The van der Waals surface area contributed by atoms with Crippen molar-refractivity contribution in [2.75, 3.05) is 24.5 Å². The number of rotatable bonds is 6. The predicted molar refractivity (Wildman–Crippen MR) is 120 cm³/mol. The highest BCUT2D eigenvalue weighted by molar-refractivity contribution is 6.22. The lowest BCUT2D eigenvalue weighted by Crippen LogP contribution is -2.53. The second kappa shape index (κ2) is 8.81. The van der Waals surface area contributed by atoms with Gasteiger partial charge in [0, 0.05) is 19.1 Å². The van der Waals surface area contributed by atoms with E-state index < -0.39 is 28.6 Å². The Bertz CT molecular complexity index is 915. The Balaban J connectivity index is 1.72. The number of amides is 3. The molecule has 0 aliphatic carbocycles. The summed E-state index contributed by atoms with van der Waals surface area (Å²) in [7, 11) is 0. The third kappa shape index (κ3) is 4.37. The fraction of sp³-hybridized carbons (Fsp3) is 0.625. The number of piperidine rings is 1. The molecule has 176 valence electrons. The Labute approximate surface area is 189 Å². The molecule has 2 heterocycles. The van der Waals surface area contributed by atoms with Gasteiger partial charge in [-0.2, -0.15) is 0 Å². The summed E-state index contributed by atoms with van der Waals surface area (Å²) in [6.07, 6.45) is 2.66. The molecule has 0 radical (unpaired) electrons. The van der Waals surface area contributed by atoms with Crippen LogP contribution in [0.2, 0.25) is 0 Å². The molecule has 1 saturated heterocycles. The summed E-state index contributed by atoms with van der Waals surface area (Å²) in [5.41, 5.74) is -0.848. The van der Waals surface area contributed by atoms with Gasteiger partial charge >= 0.3 is 12.0 Å². The molecule has 1 aromatic carbocycles. The summed E-state index contributed by atoms with van der Waals surface area (Å²) >= 11 is 0.